The highest BCUT2D eigenvalue weighted by Crippen LogP contribution is 2.32. The van der Waals surface area contributed by atoms with Crippen LogP contribution in [-0.4, -0.2) is 38.7 Å². The van der Waals surface area contributed by atoms with Gasteiger partial charge in [-0.2, -0.15) is 0 Å². The number of nitrogens with zero attached hydrogens (tertiary/aromatic N) is 2. The molecule has 2 aliphatic rings. The smallest absolute Gasteiger partial charge is 0.423 e. The van der Waals surface area contributed by atoms with Crippen molar-refractivity contribution in [1.82, 2.24) is 9.97 Å². The summed E-state index contributed by atoms with van der Waals surface area (Å²) in [7, 11) is -1.38. The lowest BCUT2D eigenvalue weighted by atomic mass is 9.81. The van der Waals surface area contributed by atoms with Crippen LogP contribution in [0.5, 0.6) is 0 Å². The van der Waals surface area contributed by atoms with E-state index in [2.05, 4.69) is 32.0 Å². The van der Waals surface area contributed by atoms with Gasteiger partial charge in [0, 0.05) is 53.2 Å². The second-order valence-electron chi connectivity index (χ2n) is 8.33. The molecule has 0 amide bonds. The molecule has 2 heterocycles. The molecule has 0 saturated heterocycles. The van der Waals surface area contributed by atoms with Crippen molar-refractivity contribution in [1.29, 1.82) is 0 Å². The van der Waals surface area contributed by atoms with Gasteiger partial charge >= 0.3 is 7.12 Å². The molecule has 2 aliphatic carbocycles. The largest absolute Gasteiger partial charge is 0.488 e. The fraction of sp³-hybridized carbons (Fsp3) is 0.143. The Morgan fingerprint density at radius 2 is 1.14 bits per heavy atom. The first kappa shape index (κ1) is 25.6. The highest BCUT2D eigenvalue weighted by Gasteiger charge is 2.22. The van der Waals surface area contributed by atoms with E-state index in [0.717, 1.165) is 34.0 Å². The summed E-state index contributed by atoms with van der Waals surface area (Å²) >= 11 is 3.42. The fourth-order valence-corrected chi connectivity index (χ4v) is 4.84. The van der Waals surface area contributed by atoms with E-state index in [-0.39, 0.29) is 11.6 Å². The Morgan fingerprint density at radius 3 is 1.69 bits per heavy atom. The molecule has 0 saturated carbocycles. The molecule has 6 nitrogen and oxygen atoms in total. The first-order valence-electron chi connectivity index (χ1n) is 11.6. The van der Waals surface area contributed by atoms with Crippen molar-refractivity contribution in [2.75, 3.05) is 0 Å². The zero-order valence-electron chi connectivity index (χ0n) is 19.5. The standard InChI is InChI=1S/C14H11NO.C9H7BrO.C5H6BNO2/c16-14-5-4-12-11(2-1-3-13(12)14)10-6-8-15-9-7-10;10-8-3-1-2-7-6(8)4-5-9(7)11;8-6(9)5-1-3-7-4-2-5/h1-3,6-9H,4-5H2;1-3H,4-5H2;1-4,8-9H. The monoisotopic (exact) mass is 542 g/mol. The number of rotatable bonds is 2. The van der Waals surface area contributed by atoms with Crippen LogP contribution < -0.4 is 5.46 Å². The lowest BCUT2D eigenvalue weighted by Crippen LogP contribution is -2.29. The average Bonchev–Trinajstić information content (AvgIpc) is 3.49. The number of carbonyl (C=O) groups is 2. The number of pyridine rings is 2. The van der Waals surface area contributed by atoms with Crippen LogP contribution in [0.2, 0.25) is 0 Å². The number of Topliss-reactive ketones (excluding diaryl/α,β-unsaturated/α-hetero) is 2. The topological polar surface area (TPSA) is 100 Å². The third kappa shape index (κ3) is 6.02. The maximum Gasteiger partial charge on any atom is 0.488 e. The van der Waals surface area contributed by atoms with E-state index in [4.69, 9.17) is 10.0 Å². The Morgan fingerprint density at radius 1 is 0.639 bits per heavy atom. The maximum absolute atomic E-state index is 11.6. The molecule has 2 N–H and O–H groups in total. The number of fused-ring (bicyclic) bond motifs is 2. The Labute approximate surface area is 218 Å². The predicted molar refractivity (Wildman–Crippen MR) is 143 cm³/mol. The molecule has 36 heavy (non-hydrogen) atoms. The van der Waals surface area contributed by atoms with Crippen molar-refractivity contribution in [3.05, 3.63) is 112 Å². The third-order valence-electron chi connectivity index (χ3n) is 6.10. The summed E-state index contributed by atoms with van der Waals surface area (Å²) in [5, 5.41) is 17.1. The molecule has 8 heteroatoms. The molecule has 2 aromatic carbocycles. The number of hydrogen-bond acceptors (Lipinski definition) is 6. The summed E-state index contributed by atoms with van der Waals surface area (Å²) in [6.07, 6.45) is 9.68. The summed E-state index contributed by atoms with van der Waals surface area (Å²) in [5.41, 5.74) is 6.95. The van der Waals surface area contributed by atoms with Crippen LogP contribution in [0.25, 0.3) is 11.1 Å². The van der Waals surface area contributed by atoms with Crippen molar-refractivity contribution < 1.29 is 19.6 Å². The van der Waals surface area contributed by atoms with Gasteiger partial charge in [-0.15, -0.1) is 0 Å². The van der Waals surface area contributed by atoms with Gasteiger partial charge in [0.25, 0.3) is 0 Å². The van der Waals surface area contributed by atoms with E-state index in [0.29, 0.717) is 18.3 Å². The molecule has 0 bridgehead atoms. The van der Waals surface area contributed by atoms with Crippen molar-refractivity contribution in [3.63, 3.8) is 0 Å². The van der Waals surface area contributed by atoms with E-state index in [9.17, 15) is 9.59 Å². The predicted octanol–water partition coefficient (Wildman–Crippen LogP) is 4.22. The van der Waals surface area contributed by atoms with Crippen LogP contribution in [0.15, 0.2) is 89.9 Å². The molecule has 0 aliphatic heterocycles. The minimum Gasteiger partial charge on any atom is -0.423 e. The van der Waals surface area contributed by atoms with Gasteiger partial charge in [-0.25, -0.2) is 0 Å². The minimum atomic E-state index is -1.38. The van der Waals surface area contributed by atoms with Crippen LogP contribution in [0.3, 0.4) is 0 Å². The lowest BCUT2D eigenvalue weighted by Gasteiger charge is -2.07. The first-order chi connectivity index (χ1) is 17.5. The molecular weight excluding hydrogens is 519 g/mol. The van der Waals surface area contributed by atoms with Crippen molar-refractivity contribution in [2.45, 2.75) is 25.7 Å². The first-order valence-corrected chi connectivity index (χ1v) is 12.4. The Hall–Kier alpha value is -3.46. The quantitative estimate of drug-likeness (QED) is 0.368. The van der Waals surface area contributed by atoms with Gasteiger partial charge in [0.05, 0.1) is 0 Å². The minimum absolute atomic E-state index is 0.269. The van der Waals surface area contributed by atoms with Gasteiger partial charge in [0.15, 0.2) is 11.6 Å². The molecule has 0 atom stereocenters. The molecule has 0 unspecified atom stereocenters. The molecule has 0 radical (unpaired) electrons. The molecule has 6 rings (SSSR count). The molecule has 180 valence electrons. The lowest BCUT2D eigenvalue weighted by molar-refractivity contribution is 0.0986. The second-order valence-corrected chi connectivity index (χ2v) is 9.19. The fourth-order valence-electron chi connectivity index (χ4n) is 4.28. The second kappa shape index (κ2) is 12.0. The summed E-state index contributed by atoms with van der Waals surface area (Å²) in [6.45, 7) is 0. The van der Waals surface area contributed by atoms with Gasteiger partial charge in [-0.05, 0) is 70.9 Å². The van der Waals surface area contributed by atoms with Crippen LogP contribution in [0.4, 0.5) is 0 Å². The van der Waals surface area contributed by atoms with E-state index in [1.165, 1.54) is 29.1 Å². The normalized spacial score (nSPS) is 13.1. The Balaban J connectivity index is 0.000000134. The van der Waals surface area contributed by atoms with Crippen LogP contribution in [0.1, 0.15) is 44.7 Å². The van der Waals surface area contributed by atoms with Gasteiger partial charge in [-0.3, -0.25) is 19.6 Å². The van der Waals surface area contributed by atoms with Gasteiger partial charge < -0.3 is 10.0 Å². The van der Waals surface area contributed by atoms with Crippen LogP contribution in [0, 0.1) is 0 Å². The van der Waals surface area contributed by atoms with E-state index in [1.807, 2.05) is 42.5 Å². The molecule has 0 fully saturated rings. The zero-order chi connectivity index (χ0) is 25.5. The maximum atomic E-state index is 11.6. The number of aromatic nitrogens is 2. The summed E-state index contributed by atoms with van der Waals surface area (Å²) in [6, 6.07) is 18.8. The molecule has 0 spiro atoms. The summed E-state index contributed by atoms with van der Waals surface area (Å²) in [4.78, 5) is 30.6. The van der Waals surface area contributed by atoms with Gasteiger partial charge in [0.2, 0.25) is 0 Å². The number of carbonyl (C=O) groups excluding carboxylic acids is 2. The van der Waals surface area contributed by atoms with Crippen LogP contribution >= 0.6 is 15.9 Å². The SMILES string of the molecule is O=C1CCc2c(Br)cccc21.O=C1CCc2c1cccc2-c1ccncc1.OB(O)c1ccncc1. The zero-order valence-corrected chi connectivity index (χ0v) is 21.1. The highest BCUT2D eigenvalue weighted by molar-refractivity contribution is 9.10. The number of ketones is 2. The van der Waals surface area contributed by atoms with Gasteiger partial charge in [0.1, 0.15) is 0 Å². The van der Waals surface area contributed by atoms with Gasteiger partial charge in [-0.1, -0.05) is 46.3 Å². The van der Waals surface area contributed by atoms with Crippen molar-refractivity contribution >= 4 is 40.1 Å². The average molecular weight is 543 g/mol. The number of hydrogen-bond donors (Lipinski definition) is 2. The summed E-state index contributed by atoms with van der Waals surface area (Å²) < 4.78 is 1.07. The number of benzene rings is 2. The Bertz CT molecular complexity index is 1360. The number of halogens is 1. The summed E-state index contributed by atoms with van der Waals surface area (Å²) in [5.74, 6) is 0.548. The van der Waals surface area contributed by atoms with Crippen LogP contribution in [-0.2, 0) is 12.8 Å². The molecule has 2 aromatic heterocycles. The highest BCUT2D eigenvalue weighted by atomic mass is 79.9. The van der Waals surface area contributed by atoms with E-state index in [1.54, 1.807) is 24.5 Å². The third-order valence-corrected chi connectivity index (χ3v) is 6.84. The Kier molecular flexibility index (Phi) is 8.54. The molecule has 4 aromatic rings. The van der Waals surface area contributed by atoms with E-state index < -0.39 is 7.12 Å². The van der Waals surface area contributed by atoms with E-state index >= 15 is 0 Å². The van der Waals surface area contributed by atoms with Crippen molar-refractivity contribution in [2.24, 2.45) is 0 Å². The molecular formula is C28H24BBrN2O4. The van der Waals surface area contributed by atoms with Crippen molar-refractivity contribution in [3.8, 4) is 11.1 Å².